The van der Waals surface area contributed by atoms with Crippen LogP contribution in [0.3, 0.4) is 0 Å². The molecule has 0 bridgehead atoms. The Morgan fingerprint density at radius 1 is 0.861 bits per heavy atom. The van der Waals surface area contributed by atoms with Gasteiger partial charge in [0.2, 0.25) is 5.91 Å². The molecule has 182 valence electrons. The van der Waals surface area contributed by atoms with E-state index in [1.807, 2.05) is 0 Å². The van der Waals surface area contributed by atoms with Gasteiger partial charge in [0.15, 0.2) is 6.61 Å². The lowest BCUT2D eigenvalue weighted by Gasteiger charge is -2.15. The number of anilines is 3. The minimum absolute atomic E-state index is 0.0575. The Balaban J connectivity index is 1.42. The van der Waals surface area contributed by atoms with Gasteiger partial charge in [0.05, 0.1) is 35.2 Å². The van der Waals surface area contributed by atoms with Gasteiger partial charge in [-0.3, -0.25) is 19.2 Å². The topological polar surface area (TPSA) is 131 Å². The van der Waals surface area contributed by atoms with Crippen LogP contribution < -0.4 is 20.3 Å². The van der Waals surface area contributed by atoms with Crippen LogP contribution in [0.25, 0.3) is 0 Å². The van der Waals surface area contributed by atoms with E-state index in [9.17, 15) is 24.0 Å². The lowest BCUT2D eigenvalue weighted by molar-refractivity contribution is -0.119. The number of carbonyl (C=O) groups is 5. The minimum Gasteiger partial charge on any atom is -0.495 e. The second kappa shape index (κ2) is 10.1. The predicted octanol–water partition coefficient (Wildman–Crippen LogP) is 3.25. The Hall–Kier alpha value is -4.99. The van der Waals surface area contributed by atoms with Crippen LogP contribution in [0.2, 0.25) is 0 Å². The number of nitrogens with zero attached hydrogens (tertiary/aromatic N) is 1. The Morgan fingerprint density at radius 3 is 2.19 bits per heavy atom. The third-order valence-corrected chi connectivity index (χ3v) is 5.26. The van der Waals surface area contributed by atoms with Crippen LogP contribution in [0, 0.1) is 0 Å². The number of ether oxygens (including phenoxy) is 2. The van der Waals surface area contributed by atoms with Crippen molar-refractivity contribution in [3.63, 3.8) is 0 Å². The highest BCUT2D eigenvalue weighted by Crippen LogP contribution is 2.29. The zero-order valence-electron chi connectivity index (χ0n) is 19.4. The summed E-state index contributed by atoms with van der Waals surface area (Å²) in [7, 11) is 1.42. The fraction of sp³-hybridized carbons (Fsp3) is 0.115. The first-order valence-corrected chi connectivity index (χ1v) is 10.8. The van der Waals surface area contributed by atoms with E-state index in [0.29, 0.717) is 11.4 Å². The molecule has 10 heteroatoms. The summed E-state index contributed by atoms with van der Waals surface area (Å²) >= 11 is 0. The van der Waals surface area contributed by atoms with Crippen molar-refractivity contribution in [2.75, 3.05) is 29.3 Å². The largest absolute Gasteiger partial charge is 0.495 e. The molecule has 0 aromatic heterocycles. The summed E-state index contributed by atoms with van der Waals surface area (Å²) in [4.78, 5) is 62.7. The van der Waals surface area contributed by atoms with Crippen LogP contribution in [-0.4, -0.2) is 43.3 Å². The average Bonchev–Trinajstić information content (AvgIpc) is 3.12. The highest BCUT2D eigenvalue weighted by atomic mass is 16.5. The normalized spacial score (nSPS) is 12.1. The van der Waals surface area contributed by atoms with Gasteiger partial charge in [-0.25, -0.2) is 9.69 Å². The zero-order chi connectivity index (χ0) is 25.8. The molecular weight excluding hydrogens is 466 g/mol. The quantitative estimate of drug-likeness (QED) is 0.386. The lowest BCUT2D eigenvalue weighted by atomic mass is 10.1. The van der Waals surface area contributed by atoms with Crippen molar-refractivity contribution in [2.24, 2.45) is 0 Å². The highest BCUT2D eigenvalue weighted by Gasteiger charge is 2.36. The fourth-order valence-corrected chi connectivity index (χ4v) is 3.68. The maximum absolute atomic E-state index is 12.7. The van der Waals surface area contributed by atoms with E-state index in [1.165, 1.54) is 44.4 Å². The van der Waals surface area contributed by atoms with Crippen molar-refractivity contribution in [1.82, 2.24) is 0 Å². The molecular formula is C26H21N3O7. The molecule has 1 aliphatic rings. The molecule has 0 spiro atoms. The second-order valence-electron chi connectivity index (χ2n) is 7.76. The Kier molecular flexibility index (Phi) is 6.77. The fourth-order valence-electron chi connectivity index (χ4n) is 3.68. The SMILES string of the molecule is COc1ccc(NC(C)=O)cc1NC(=O)COC(=O)c1cccc(N2C(=O)c3ccccc3C2=O)c1. The van der Waals surface area contributed by atoms with Gasteiger partial charge >= 0.3 is 5.97 Å². The van der Waals surface area contributed by atoms with E-state index in [4.69, 9.17) is 9.47 Å². The van der Waals surface area contributed by atoms with Crippen LogP contribution >= 0.6 is 0 Å². The number of benzene rings is 3. The molecule has 1 heterocycles. The van der Waals surface area contributed by atoms with Gasteiger partial charge in [-0.2, -0.15) is 0 Å². The van der Waals surface area contributed by atoms with E-state index in [1.54, 1.807) is 36.4 Å². The summed E-state index contributed by atoms with van der Waals surface area (Å²) in [5, 5.41) is 5.17. The molecule has 0 atom stereocenters. The standard InChI is InChI=1S/C26H21N3O7/c1-15(30)27-17-10-11-22(35-2)21(13-17)28-23(31)14-36-26(34)16-6-5-7-18(12-16)29-24(32)19-8-3-4-9-20(19)25(29)33/h3-13H,14H2,1-2H3,(H,27,30)(H,28,31). The number of methoxy groups -OCH3 is 1. The van der Waals surface area contributed by atoms with Gasteiger partial charge in [-0.15, -0.1) is 0 Å². The maximum Gasteiger partial charge on any atom is 0.338 e. The average molecular weight is 487 g/mol. The second-order valence-corrected chi connectivity index (χ2v) is 7.76. The zero-order valence-corrected chi connectivity index (χ0v) is 19.4. The van der Waals surface area contributed by atoms with Crippen LogP contribution in [0.1, 0.15) is 38.0 Å². The molecule has 3 aromatic rings. The Morgan fingerprint density at radius 2 is 1.56 bits per heavy atom. The van der Waals surface area contributed by atoms with E-state index in [-0.39, 0.29) is 34.0 Å². The van der Waals surface area contributed by atoms with E-state index in [2.05, 4.69) is 10.6 Å². The molecule has 2 N–H and O–H groups in total. The number of fused-ring (bicyclic) bond motifs is 1. The van der Waals surface area contributed by atoms with Crippen molar-refractivity contribution in [3.05, 3.63) is 83.4 Å². The first-order valence-electron chi connectivity index (χ1n) is 10.8. The molecule has 10 nitrogen and oxygen atoms in total. The number of esters is 1. The van der Waals surface area contributed by atoms with Gasteiger partial charge in [0, 0.05) is 12.6 Å². The molecule has 4 rings (SSSR count). The maximum atomic E-state index is 12.7. The molecule has 36 heavy (non-hydrogen) atoms. The van der Waals surface area contributed by atoms with Crippen LogP contribution in [-0.2, 0) is 14.3 Å². The number of nitrogens with one attached hydrogen (secondary N) is 2. The molecule has 0 aliphatic carbocycles. The first kappa shape index (κ1) is 24.1. The van der Waals surface area contributed by atoms with Crippen molar-refractivity contribution in [2.45, 2.75) is 6.92 Å². The monoisotopic (exact) mass is 487 g/mol. The Bertz CT molecular complexity index is 1360. The van der Waals surface area contributed by atoms with Gasteiger partial charge in [-0.1, -0.05) is 18.2 Å². The molecule has 0 unspecified atom stereocenters. The summed E-state index contributed by atoms with van der Waals surface area (Å²) in [5.74, 6) is -2.38. The molecule has 0 saturated carbocycles. The smallest absolute Gasteiger partial charge is 0.338 e. The third-order valence-electron chi connectivity index (χ3n) is 5.26. The van der Waals surface area contributed by atoms with E-state index in [0.717, 1.165) is 4.90 Å². The first-order chi connectivity index (χ1) is 17.3. The van der Waals surface area contributed by atoms with Gasteiger partial charge in [0.25, 0.3) is 17.7 Å². The summed E-state index contributed by atoms with van der Waals surface area (Å²) in [6, 6.07) is 17.0. The molecule has 0 saturated heterocycles. The third kappa shape index (κ3) is 4.92. The van der Waals surface area contributed by atoms with E-state index < -0.39 is 30.3 Å². The summed E-state index contributed by atoms with van der Waals surface area (Å²) in [6.45, 7) is 0.745. The molecule has 3 aromatic carbocycles. The molecule has 4 amide bonds. The Labute approximate surface area is 205 Å². The van der Waals surface area contributed by atoms with Gasteiger partial charge in [0.1, 0.15) is 5.75 Å². The van der Waals surface area contributed by atoms with Crippen molar-refractivity contribution >= 4 is 46.7 Å². The number of carbonyl (C=O) groups excluding carboxylic acids is 5. The molecule has 0 radical (unpaired) electrons. The van der Waals surface area contributed by atoms with Crippen LogP contribution in [0.15, 0.2) is 66.7 Å². The number of rotatable bonds is 7. The summed E-state index contributed by atoms with van der Waals surface area (Å²) < 4.78 is 10.3. The number of imide groups is 1. The van der Waals surface area contributed by atoms with Gasteiger partial charge < -0.3 is 20.1 Å². The highest BCUT2D eigenvalue weighted by molar-refractivity contribution is 6.34. The number of amides is 4. The number of hydrogen-bond acceptors (Lipinski definition) is 7. The van der Waals surface area contributed by atoms with Crippen molar-refractivity contribution in [1.29, 1.82) is 0 Å². The minimum atomic E-state index is -0.817. The predicted molar refractivity (Wildman–Crippen MR) is 130 cm³/mol. The van der Waals surface area contributed by atoms with Crippen molar-refractivity contribution in [3.8, 4) is 5.75 Å². The molecule has 0 fully saturated rings. The van der Waals surface area contributed by atoms with Gasteiger partial charge in [-0.05, 0) is 48.5 Å². The molecule has 1 aliphatic heterocycles. The number of hydrogen-bond donors (Lipinski definition) is 2. The van der Waals surface area contributed by atoms with E-state index >= 15 is 0 Å². The van der Waals surface area contributed by atoms with Crippen LogP contribution in [0.5, 0.6) is 5.75 Å². The van der Waals surface area contributed by atoms with Crippen LogP contribution in [0.4, 0.5) is 17.1 Å². The lowest BCUT2D eigenvalue weighted by Crippen LogP contribution is -2.29. The van der Waals surface area contributed by atoms with Crippen molar-refractivity contribution < 1.29 is 33.4 Å². The summed E-state index contributed by atoms with van der Waals surface area (Å²) in [6.07, 6.45) is 0. The summed E-state index contributed by atoms with van der Waals surface area (Å²) in [5.41, 5.74) is 1.55.